The summed E-state index contributed by atoms with van der Waals surface area (Å²) in [4.78, 5) is 13.3. The number of carbonyl (C=O) groups is 1. The molecule has 0 fully saturated rings. The van der Waals surface area contributed by atoms with Crippen LogP contribution in [-0.2, 0) is 0 Å². The first-order valence-corrected chi connectivity index (χ1v) is 5.68. The third-order valence-electron chi connectivity index (χ3n) is 2.31. The van der Waals surface area contributed by atoms with Crippen LogP contribution in [0.15, 0.2) is 49.6 Å². The van der Waals surface area contributed by atoms with Crippen molar-refractivity contribution < 1.29 is 9.53 Å². The number of hydrogen-bond donors (Lipinski definition) is 1. The summed E-state index contributed by atoms with van der Waals surface area (Å²) in [5, 5.41) is 2.42. The lowest BCUT2D eigenvalue weighted by molar-refractivity contribution is 0.203. The second-order valence-electron chi connectivity index (χ2n) is 3.59. The van der Waals surface area contributed by atoms with Gasteiger partial charge in [-0.25, -0.2) is 4.79 Å². The van der Waals surface area contributed by atoms with Gasteiger partial charge < -0.3 is 15.0 Å². The smallest absolute Gasteiger partial charge is 0.408 e. The van der Waals surface area contributed by atoms with Crippen LogP contribution in [0.3, 0.4) is 0 Å². The lowest BCUT2D eigenvalue weighted by atomic mass is 10.2. The van der Waals surface area contributed by atoms with Gasteiger partial charge >= 0.3 is 6.09 Å². The van der Waals surface area contributed by atoms with Crippen LogP contribution >= 0.6 is 0 Å². The summed E-state index contributed by atoms with van der Waals surface area (Å²) in [6.45, 7) is 8.74. The van der Waals surface area contributed by atoms with E-state index in [1.165, 1.54) is 7.05 Å². The Morgan fingerprint density at radius 1 is 1.33 bits per heavy atom. The number of para-hydroxylation sites is 2. The van der Waals surface area contributed by atoms with E-state index in [1.807, 2.05) is 23.1 Å². The van der Waals surface area contributed by atoms with Crippen LogP contribution in [0.5, 0.6) is 5.75 Å². The van der Waals surface area contributed by atoms with Crippen LogP contribution in [0, 0.1) is 0 Å². The van der Waals surface area contributed by atoms with E-state index in [0.717, 1.165) is 5.69 Å². The van der Waals surface area contributed by atoms with E-state index in [9.17, 15) is 4.79 Å². The summed E-state index contributed by atoms with van der Waals surface area (Å²) < 4.78 is 5.21. The normalized spacial score (nSPS) is 9.39. The summed E-state index contributed by atoms with van der Waals surface area (Å²) in [7, 11) is 1.52. The maximum absolute atomic E-state index is 11.3. The van der Waals surface area contributed by atoms with Crippen molar-refractivity contribution in [3.05, 3.63) is 49.6 Å². The van der Waals surface area contributed by atoms with Crippen molar-refractivity contribution in [2.75, 3.05) is 25.0 Å². The first-order chi connectivity index (χ1) is 8.72. The predicted molar refractivity (Wildman–Crippen MR) is 74.1 cm³/mol. The van der Waals surface area contributed by atoms with E-state index >= 15 is 0 Å². The molecule has 1 amide bonds. The first-order valence-electron chi connectivity index (χ1n) is 5.68. The largest absolute Gasteiger partial charge is 0.412 e. The minimum Gasteiger partial charge on any atom is -0.408 e. The zero-order chi connectivity index (χ0) is 13.4. The molecule has 4 heteroatoms. The van der Waals surface area contributed by atoms with Gasteiger partial charge in [-0.05, 0) is 12.1 Å². The van der Waals surface area contributed by atoms with Crippen LogP contribution in [-0.4, -0.2) is 26.2 Å². The van der Waals surface area contributed by atoms with Crippen molar-refractivity contribution in [1.29, 1.82) is 0 Å². The molecule has 0 aliphatic carbocycles. The second kappa shape index (κ2) is 7.17. The molecule has 0 saturated carbocycles. The van der Waals surface area contributed by atoms with Gasteiger partial charge in [-0.1, -0.05) is 24.3 Å². The number of amides is 1. The van der Waals surface area contributed by atoms with E-state index in [2.05, 4.69) is 18.5 Å². The highest BCUT2D eigenvalue weighted by Gasteiger charge is 2.12. The van der Waals surface area contributed by atoms with Gasteiger partial charge in [-0.3, -0.25) is 0 Å². The van der Waals surface area contributed by atoms with Crippen LogP contribution in [0.1, 0.15) is 0 Å². The number of anilines is 1. The predicted octanol–water partition coefficient (Wildman–Crippen LogP) is 2.58. The van der Waals surface area contributed by atoms with Gasteiger partial charge in [0.2, 0.25) is 0 Å². The summed E-state index contributed by atoms with van der Waals surface area (Å²) >= 11 is 0. The fourth-order valence-electron chi connectivity index (χ4n) is 1.54. The second-order valence-corrected chi connectivity index (χ2v) is 3.59. The molecule has 0 unspecified atom stereocenters. The fraction of sp³-hybridized carbons (Fsp3) is 0.214. The molecule has 0 atom stereocenters. The molecular formula is C14H18N2O2. The van der Waals surface area contributed by atoms with Crippen LogP contribution in [0.4, 0.5) is 10.5 Å². The Hall–Kier alpha value is -2.23. The zero-order valence-electron chi connectivity index (χ0n) is 10.6. The molecule has 0 heterocycles. The van der Waals surface area contributed by atoms with Crippen molar-refractivity contribution >= 4 is 11.8 Å². The highest BCUT2D eigenvalue weighted by atomic mass is 16.6. The molecule has 1 N–H and O–H groups in total. The van der Waals surface area contributed by atoms with Gasteiger partial charge in [-0.2, -0.15) is 0 Å². The van der Waals surface area contributed by atoms with E-state index < -0.39 is 6.09 Å². The first kappa shape index (κ1) is 13.8. The molecule has 4 nitrogen and oxygen atoms in total. The molecule has 0 bridgehead atoms. The third kappa shape index (κ3) is 3.66. The van der Waals surface area contributed by atoms with Crippen LogP contribution < -0.4 is 15.0 Å². The molecule has 0 aliphatic heterocycles. The average molecular weight is 246 g/mol. The Morgan fingerprint density at radius 2 is 1.94 bits per heavy atom. The summed E-state index contributed by atoms with van der Waals surface area (Å²) in [5.41, 5.74) is 0.834. The fourth-order valence-corrected chi connectivity index (χ4v) is 1.54. The standard InChI is InChI=1S/C14H18N2O2/c1-4-10-16(11-5-2)12-8-6-7-9-13(12)18-14(17)15-3/h4-9H,1-2,10-11H2,3H3,(H,15,17). The summed E-state index contributed by atoms with van der Waals surface area (Å²) in [6, 6.07) is 7.36. The average Bonchev–Trinajstić information content (AvgIpc) is 2.39. The number of rotatable bonds is 6. The van der Waals surface area contributed by atoms with E-state index in [-0.39, 0.29) is 0 Å². The Morgan fingerprint density at radius 3 is 2.50 bits per heavy atom. The molecular weight excluding hydrogens is 228 g/mol. The number of nitrogens with one attached hydrogen (secondary N) is 1. The minimum atomic E-state index is -0.486. The monoisotopic (exact) mass is 246 g/mol. The van der Waals surface area contributed by atoms with Gasteiger partial charge in [0.25, 0.3) is 0 Å². The minimum absolute atomic E-state index is 0.486. The molecule has 1 aromatic rings. The topological polar surface area (TPSA) is 41.6 Å². The number of ether oxygens (including phenoxy) is 1. The zero-order valence-corrected chi connectivity index (χ0v) is 10.6. The van der Waals surface area contributed by atoms with Crippen molar-refractivity contribution in [1.82, 2.24) is 5.32 Å². The molecule has 0 spiro atoms. The van der Waals surface area contributed by atoms with Crippen LogP contribution in [0.25, 0.3) is 0 Å². The Labute approximate surface area is 108 Å². The highest BCUT2D eigenvalue weighted by Crippen LogP contribution is 2.28. The molecule has 0 radical (unpaired) electrons. The SMILES string of the molecule is C=CCN(CC=C)c1ccccc1OC(=O)NC. The molecule has 1 rings (SSSR count). The number of hydrogen-bond acceptors (Lipinski definition) is 3. The number of carbonyl (C=O) groups excluding carboxylic acids is 1. The number of nitrogens with zero attached hydrogens (tertiary/aromatic N) is 1. The maximum Gasteiger partial charge on any atom is 0.412 e. The summed E-state index contributed by atoms with van der Waals surface area (Å²) in [5.74, 6) is 0.514. The van der Waals surface area contributed by atoms with Gasteiger partial charge in [0.05, 0.1) is 5.69 Å². The van der Waals surface area contributed by atoms with Gasteiger partial charge in [0.1, 0.15) is 0 Å². The third-order valence-corrected chi connectivity index (χ3v) is 2.31. The lowest BCUT2D eigenvalue weighted by Crippen LogP contribution is -2.26. The molecule has 18 heavy (non-hydrogen) atoms. The molecule has 0 aromatic heterocycles. The summed E-state index contributed by atoms with van der Waals surface area (Å²) in [6.07, 6.45) is 3.10. The van der Waals surface area contributed by atoms with Gasteiger partial charge in [-0.15, -0.1) is 13.2 Å². The van der Waals surface area contributed by atoms with Gasteiger partial charge in [0.15, 0.2) is 5.75 Å². The molecule has 0 saturated heterocycles. The van der Waals surface area contributed by atoms with Gasteiger partial charge in [0, 0.05) is 20.1 Å². The van der Waals surface area contributed by atoms with Crippen molar-refractivity contribution in [3.63, 3.8) is 0 Å². The van der Waals surface area contributed by atoms with E-state index in [1.54, 1.807) is 18.2 Å². The van der Waals surface area contributed by atoms with Crippen LogP contribution in [0.2, 0.25) is 0 Å². The van der Waals surface area contributed by atoms with E-state index in [0.29, 0.717) is 18.8 Å². The molecule has 0 aliphatic rings. The quantitative estimate of drug-likeness (QED) is 0.784. The Balaban J connectivity index is 3.00. The van der Waals surface area contributed by atoms with Crippen molar-refractivity contribution in [2.24, 2.45) is 0 Å². The molecule has 1 aromatic carbocycles. The maximum atomic E-state index is 11.3. The van der Waals surface area contributed by atoms with Crippen molar-refractivity contribution in [3.8, 4) is 5.75 Å². The number of benzene rings is 1. The Bertz CT molecular complexity index is 420. The van der Waals surface area contributed by atoms with E-state index in [4.69, 9.17) is 4.74 Å². The highest BCUT2D eigenvalue weighted by molar-refractivity contribution is 5.73. The van der Waals surface area contributed by atoms with Crippen molar-refractivity contribution in [2.45, 2.75) is 0 Å². The molecule has 96 valence electrons. The lowest BCUT2D eigenvalue weighted by Gasteiger charge is -2.23. The Kier molecular flexibility index (Phi) is 5.51.